The Balaban J connectivity index is 1.82. The van der Waals surface area contributed by atoms with E-state index in [1.165, 1.54) is 5.56 Å². The number of unbranched alkanes of at least 4 members (excludes halogenated alkanes) is 2. The Morgan fingerprint density at radius 2 is 1.85 bits per heavy atom. The highest BCUT2D eigenvalue weighted by molar-refractivity contribution is 5.66. The number of carboxylic acids is 1. The van der Waals surface area contributed by atoms with Crippen LogP contribution in [0.25, 0.3) is 11.4 Å². The lowest BCUT2D eigenvalue weighted by Gasteiger charge is -2.03. The Morgan fingerprint density at radius 1 is 1.00 bits per heavy atom. The SMILES string of the molecule is O=C(O)CCCCCc1ccc(-c2ccccn2)nc1. The Bertz CT molecular complexity index is 538. The molecule has 0 spiro atoms. The van der Waals surface area contributed by atoms with E-state index in [1.54, 1.807) is 6.20 Å². The van der Waals surface area contributed by atoms with Crippen molar-refractivity contribution in [3.05, 3.63) is 48.3 Å². The van der Waals surface area contributed by atoms with Crippen molar-refractivity contribution in [2.24, 2.45) is 0 Å². The van der Waals surface area contributed by atoms with Gasteiger partial charge in [-0.3, -0.25) is 14.8 Å². The summed E-state index contributed by atoms with van der Waals surface area (Å²) in [6.45, 7) is 0. The summed E-state index contributed by atoms with van der Waals surface area (Å²) in [5.41, 5.74) is 2.93. The van der Waals surface area contributed by atoms with Crippen molar-refractivity contribution in [3.63, 3.8) is 0 Å². The van der Waals surface area contributed by atoms with E-state index in [0.717, 1.165) is 37.1 Å². The predicted octanol–water partition coefficient (Wildman–Crippen LogP) is 3.33. The molecule has 20 heavy (non-hydrogen) atoms. The van der Waals surface area contributed by atoms with E-state index in [4.69, 9.17) is 5.11 Å². The quantitative estimate of drug-likeness (QED) is 0.784. The molecule has 0 saturated carbocycles. The van der Waals surface area contributed by atoms with Crippen molar-refractivity contribution in [1.82, 2.24) is 9.97 Å². The summed E-state index contributed by atoms with van der Waals surface area (Å²) in [6.07, 6.45) is 7.52. The molecule has 2 rings (SSSR count). The largest absolute Gasteiger partial charge is 0.481 e. The maximum atomic E-state index is 10.4. The molecule has 0 aliphatic rings. The number of aryl methyl sites for hydroxylation is 1. The molecule has 2 aromatic rings. The van der Waals surface area contributed by atoms with Gasteiger partial charge >= 0.3 is 5.97 Å². The first kappa shape index (κ1) is 14.2. The molecule has 0 saturated heterocycles. The van der Waals surface area contributed by atoms with Gasteiger partial charge in [0.25, 0.3) is 0 Å². The lowest BCUT2D eigenvalue weighted by molar-refractivity contribution is -0.137. The zero-order valence-electron chi connectivity index (χ0n) is 11.3. The van der Waals surface area contributed by atoms with Crippen molar-refractivity contribution in [2.45, 2.75) is 32.1 Å². The molecule has 2 aromatic heterocycles. The van der Waals surface area contributed by atoms with Crippen LogP contribution in [0.3, 0.4) is 0 Å². The van der Waals surface area contributed by atoms with Gasteiger partial charge in [-0.25, -0.2) is 0 Å². The van der Waals surface area contributed by atoms with Crippen LogP contribution in [-0.4, -0.2) is 21.0 Å². The van der Waals surface area contributed by atoms with Crippen LogP contribution in [-0.2, 0) is 11.2 Å². The molecule has 0 aliphatic heterocycles. The van der Waals surface area contributed by atoms with Crippen molar-refractivity contribution >= 4 is 5.97 Å². The second kappa shape index (κ2) is 7.38. The minimum Gasteiger partial charge on any atom is -0.481 e. The summed E-state index contributed by atoms with van der Waals surface area (Å²) in [4.78, 5) is 19.1. The highest BCUT2D eigenvalue weighted by Crippen LogP contribution is 2.14. The fourth-order valence-electron chi connectivity index (χ4n) is 2.02. The molecule has 104 valence electrons. The number of hydrogen-bond donors (Lipinski definition) is 1. The summed E-state index contributed by atoms with van der Waals surface area (Å²) >= 11 is 0. The van der Waals surface area contributed by atoms with Crippen molar-refractivity contribution in [1.29, 1.82) is 0 Å². The number of carboxylic acid groups (broad SMARTS) is 1. The smallest absolute Gasteiger partial charge is 0.303 e. The zero-order valence-corrected chi connectivity index (χ0v) is 11.3. The van der Waals surface area contributed by atoms with E-state index in [1.807, 2.05) is 30.5 Å². The van der Waals surface area contributed by atoms with Crippen molar-refractivity contribution in [2.75, 3.05) is 0 Å². The van der Waals surface area contributed by atoms with E-state index in [9.17, 15) is 4.79 Å². The van der Waals surface area contributed by atoms with Gasteiger partial charge in [0.1, 0.15) is 0 Å². The highest BCUT2D eigenvalue weighted by Gasteiger charge is 2.01. The third-order valence-corrected chi connectivity index (χ3v) is 3.11. The first-order chi connectivity index (χ1) is 9.75. The maximum absolute atomic E-state index is 10.4. The van der Waals surface area contributed by atoms with Crippen LogP contribution in [0.15, 0.2) is 42.7 Å². The van der Waals surface area contributed by atoms with Crippen molar-refractivity contribution < 1.29 is 9.90 Å². The molecule has 0 aromatic carbocycles. The molecule has 0 fully saturated rings. The number of pyridine rings is 2. The van der Waals surface area contributed by atoms with E-state index in [0.29, 0.717) is 0 Å². The van der Waals surface area contributed by atoms with Crippen LogP contribution in [0.4, 0.5) is 0 Å². The molecule has 2 heterocycles. The van der Waals surface area contributed by atoms with Crippen molar-refractivity contribution in [3.8, 4) is 11.4 Å². The summed E-state index contributed by atoms with van der Waals surface area (Å²) in [5, 5.41) is 8.55. The molecule has 0 amide bonds. The average molecular weight is 270 g/mol. The second-order valence-electron chi connectivity index (χ2n) is 4.72. The first-order valence-corrected chi connectivity index (χ1v) is 6.84. The lowest BCUT2D eigenvalue weighted by atomic mass is 10.1. The number of hydrogen-bond acceptors (Lipinski definition) is 3. The monoisotopic (exact) mass is 270 g/mol. The van der Waals surface area contributed by atoms with Gasteiger partial charge in [0.15, 0.2) is 0 Å². The molecule has 0 unspecified atom stereocenters. The third-order valence-electron chi connectivity index (χ3n) is 3.11. The fraction of sp³-hybridized carbons (Fsp3) is 0.312. The van der Waals surface area contributed by atoms with Crippen LogP contribution < -0.4 is 0 Å². The fourth-order valence-corrected chi connectivity index (χ4v) is 2.02. The molecule has 1 N–H and O–H groups in total. The topological polar surface area (TPSA) is 63.1 Å². The van der Waals surface area contributed by atoms with Crippen LogP contribution >= 0.6 is 0 Å². The number of nitrogens with zero attached hydrogens (tertiary/aromatic N) is 2. The van der Waals surface area contributed by atoms with E-state index >= 15 is 0 Å². The van der Waals surface area contributed by atoms with Gasteiger partial charge in [0, 0.05) is 18.8 Å². The van der Waals surface area contributed by atoms with Gasteiger partial charge < -0.3 is 5.11 Å². The maximum Gasteiger partial charge on any atom is 0.303 e. The molecule has 0 radical (unpaired) electrons. The van der Waals surface area contributed by atoms with Crippen LogP contribution in [0, 0.1) is 0 Å². The van der Waals surface area contributed by atoms with Crippen LogP contribution in [0.1, 0.15) is 31.2 Å². The number of rotatable bonds is 7. The molecule has 0 aliphatic carbocycles. The Hall–Kier alpha value is -2.23. The zero-order chi connectivity index (χ0) is 14.2. The van der Waals surface area contributed by atoms with Crippen LogP contribution in [0.2, 0.25) is 0 Å². The van der Waals surface area contributed by atoms with Gasteiger partial charge in [-0.05, 0) is 43.0 Å². The van der Waals surface area contributed by atoms with Gasteiger partial charge in [0.2, 0.25) is 0 Å². The second-order valence-corrected chi connectivity index (χ2v) is 4.72. The summed E-state index contributed by atoms with van der Waals surface area (Å²) in [5.74, 6) is -0.716. The number of aromatic nitrogens is 2. The molecule has 4 heteroatoms. The average Bonchev–Trinajstić information content (AvgIpc) is 2.48. The predicted molar refractivity (Wildman–Crippen MR) is 77.3 cm³/mol. The minimum absolute atomic E-state index is 0.261. The molecule has 0 atom stereocenters. The van der Waals surface area contributed by atoms with Gasteiger partial charge in [0.05, 0.1) is 11.4 Å². The summed E-state index contributed by atoms with van der Waals surface area (Å²) in [7, 11) is 0. The standard InChI is InChI=1S/C16H18N2O2/c19-16(20)8-3-1-2-6-13-9-10-15(18-12-13)14-7-4-5-11-17-14/h4-5,7,9-12H,1-3,6,8H2,(H,19,20). The highest BCUT2D eigenvalue weighted by atomic mass is 16.4. The Kier molecular flexibility index (Phi) is 5.24. The molecule has 0 bridgehead atoms. The van der Waals surface area contributed by atoms with Gasteiger partial charge in [-0.15, -0.1) is 0 Å². The molecule has 4 nitrogen and oxygen atoms in total. The Labute approximate surface area is 118 Å². The Morgan fingerprint density at radius 3 is 2.50 bits per heavy atom. The molecular weight excluding hydrogens is 252 g/mol. The first-order valence-electron chi connectivity index (χ1n) is 6.84. The lowest BCUT2D eigenvalue weighted by Crippen LogP contribution is -1.94. The van der Waals surface area contributed by atoms with Gasteiger partial charge in [-0.1, -0.05) is 18.6 Å². The number of carbonyl (C=O) groups is 1. The number of aliphatic carboxylic acids is 1. The van der Waals surface area contributed by atoms with E-state index < -0.39 is 5.97 Å². The minimum atomic E-state index is -0.716. The van der Waals surface area contributed by atoms with Crippen LogP contribution in [0.5, 0.6) is 0 Å². The summed E-state index contributed by atoms with van der Waals surface area (Å²) < 4.78 is 0. The van der Waals surface area contributed by atoms with E-state index in [-0.39, 0.29) is 6.42 Å². The summed E-state index contributed by atoms with van der Waals surface area (Å²) in [6, 6.07) is 9.81. The van der Waals surface area contributed by atoms with E-state index in [2.05, 4.69) is 16.0 Å². The van der Waals surface area contributed by atoms with Gasteiger partial charge in [-0.2, -0.15) is 0 Å². The molecular formula is C16H18N2O2. The normalized spacial score (nSPS) is 10.4. The third kappa shape index (κ3) is 4.46.